The second-order valence-corrected chi connectivity index (χ2v) is 15.6. The fourth-order valence-electron chi connectivity index (χ4n) is 4.61. The van der Waals surface area contributed by atoms with Gasteiger partial charge in [-0.2, -0.15) is 0 Å². The molecule has 0 aliphatic carbocycles. The zero-order chi connectivity index (χ0) is 28.3. The second kappa shape index (κ2) is 9.53. The molecule has 0 aliphatic heterocycles. The van der Waals surface area contributed by atoms with Crippen molar-refractivity contribution in [3.63, 3.8) is 0 Å². The summed E-state index contributed by atoms with van der Waals surface area (Å²) in [6.07, 6.45) is 0. The molecule has 0 aliphatic rings. The average Bonchev–Trinajstić information content (AvgIpc) is 2.92. The maximum atomic E-state index is 6.78. The van der Waals surface area contributed by atoms with E-state index in [9.17, 15) is 0 Å². The highest BCUT2D eigenvalue weighted by atomic mass is 31.1. The first-order chi connectivity index (χ1) is 17.4. The molecule has 3 nitrogen and oxygen atoms in total. The maximum absolute atomic E-state index is 6.78. The van der Waals surface area contributed by atoms with Crippen LogP contribution in [0.1, 0.15) is 105 Å². The summed E-state index contributed by atoms with van der Waals surface area (Å²) in [5, 5.41) is 2.16. The van der Waals surface area contributed by atoms with Gasteiger partial charge in [0.2, 0.25) is 0 Å². The smallest absolute Gasteiger partial charge is 0.391 e. The van der Waals surface area contributed by atoms with Gasteiger partial charge in [0.25, 0.3) is 0 Å². The first-order valence-corrected chi connectivity index (χ1v) is 14.7. The molecule has 0 saturated carbocycles. The Balaban J connectivity index is 2.30. The molecule has 3 aromatic carbocycles. The number of fused-ring (bicyclic) bond motifs is 3. The van der Waals surface area contributed by atoms with E-state index in [0.717, 1.165) is 27.7 Å². The lowest BCUT2D eigenvalue weighted by Gasteiger charge is -2.27. The molecule has 38 heavy (non-hydrogen) atoms. The minimum atomic E-state index is -1.75. The lowest BCUT2D eigenvalue weighted by molar-refractivity contribution is 0.488. The van der Waals surface area contributed by atoms with E-state index in [-0.39, 0.29) is 21.7 Å². The van der Waals surface area contributed by atoms with Crippen molar-refractivity contribution in [3.8, 4) is 5.75 Å². The average molecular weight is 533 g/mol. The Labute approximate surface area is 230 Å². The normalized spacial score (nSPS) is 13.3. The Kier molecular flexibility index (Phi) is 7.11. The molecule has 0 amide bonds. The molecule has 4 rings (SSSR count). The Morgan fingerprint density at radius 3 is 1.26 bits per heavy atom. The Bertz CT molecular complexity index is 1410. The molecule has 0 saturated heterocycles. The molecule has 0 radical (unpaired) electrons. The highest BCUT2D eigenvalue weighted by molar-refractivity contribution is 7.32. The molecule has 0 atom stereocenters. The van der Waals surface area contributed by atoms with E-state index >= 15 is 0 Å². The maximum Gasteiger partial charge on any atom is 0.453 e. The highest BCUT2D eigenvalue weighted by Gasteiger charge is 2.28. The van der Waals surface area contributed by atoms with Gasteiger partial charge < -0.3 is 12.9 Å². The standard InChI is InChI=1S/C34H45O3P/c1-31(2,3)22-18-25-26-19-23(32(4,5)6)21-28(34(10,11)12)30(26)37-38(35-24-16-14-13-15-17-24)36-29(25)27(20-22)33(7,8)9/h13-21H,1-12H3. The minimum absolute atomic E-state index is 0.0257. The van der Waals surface area contributed by atoms with Crippen LogP contribution < -0.4 is 4.52 Å². The van der Waals surface area contributed by atoms with Crippen molar-refractivity contribution >= 4 is 30.2 Å². The molecule has 1 aromatic heterocycles. The molecule has 4 aromatic rings. The third-order valence-corrected chi connectivity index (χ3v) is 8.09. The number of hydrogen-bond donors (Lipinski definition) is 0. The minimum Gasteiger partial charge on any atom is -0.391 e. The van der Waals surface area contributed by atoms with Crippen LogP contribution in [0.2, 0.25) is 0 Å². The van der Waals surface area contributed by atoms with Crippen LogP contribution in [0.15, 0.2) is 63.0 Å². The van der Waals surface area contributed by atoms with Gasteiger partial charge in [0.05, 0.1) is 0 Å². The summed E-state index contributed by atoms with van der Waals surface area (Å²) < 4.78 is 20.0. The Morgan fingerprint density at radius 1 is 0.526 bits per heavy atom. The second-order valence-electron chi connectivity index (χ2n) is 14.6. The Hall–Kier alpha value is -2.64. The fourth-order valence-corrected chi connectivity index (χ4v) is 5.70. The summed E-state index contributed by atoms with van der Waals surface area (Å²) in [5.41, 5.74) is 6.28. The van der Waals surface area contributed by atoms with Crippen LogP contribution in [0.4, 0.5) is 0 Å². The van der Waals surface area contributed by atoms with Crippen LogP contribution in [-0.4, -0.2) is 0 Å². The molecule has 1 heterocycles. The van der Waals surface area contributed by atoms with Crippen LogP contribution in [0.25, 0.3) is 21.9 Å². The zero-order valence-corrected chi connectivity index (χ0v) is 26.3. The van der Waals surface area contributed by atoms with E-state index in [2.05, 4.69) is 107 Å². The summed E-state index contributed by atoms with van der Waals surface area (Å²) in [4.78, 5) is 0. The van der Waals surface area contributed by atoms with E-state index in [1.165, 1.54) is 22.3 Å². The van der Waals surface area contributed by atoms with Crippen LogP contribution >= 0.6 is 8.24 Å². The molecule has 0 fully saturated rings. The van der Waals surface area contributed by atoms with Crippen molar-refractivity contribution in [1.29, 1.82) is 0 Å². The van der Waals surface area contributed by atoms with Crippen molar-refractivity contribution in [3.05, 3.63) is 76.9 Å². The molecular weight excluding hydrogens is 487 g/mol. The first kappa shape index (κ1) is 28.4. The third kappa shape index (κ3) is 5.84. The molecule has 0 spiro atoms. The van der Waals surface area contributed by atoms with E-state index in [0.29, 0.717) is 0 Å². The van der Waals surface area contributed by atoms with Crippen molar-refractivity contribution in [1.82, 2.24) is 0 Å². The lowest BCUT2D eigenvalue weighted by atomic mass is 9.77. The molecule has 0 N–H and O–H groups in total. The van der Waals surface area contributed by atoms with Gasteiger partial charge in [-0.05, 0) is 57.1 Å². The van der Waals surface area contributed by atoms with Crippen LogP contribution in [0.3, 0.4) is 0 Å². The molecule has 0 unspecified atom stereocenters. The van der Waals surface area contributed by atoms with Gasteiger partial charge in [-0.25, -0.2) is 0 Å². The van der Waals surface area contributed by atoms with Crippen molar-refractivity contribution < 1.29 is 12.9 Å². The summed E-state index contributed by atoms with van der Waals surface area (Å²) in [5.74, 6) is 0.732. The highest BCUT2D eigenvalue weighted by Crippen LogP contribution is 2.45. The van der Waals surface area contributed by atoms with E-state index in [4.69, 9.17) is 12.9 Å². The number of hydrogen-bond acceptors (Lipinski definition) is 3. The molecule has 4 heteroatoms. The number of rotatable bonds is 2. The summed E-state index contributed by atoms with van der Waals surface area (Å²) in [7, 11) is -1.75. The first-order valence-electron chi connectivity index (χ1n) is 13.6. The van der Waals surface area contributed by atoms with Crippen LogP contribution in [-0.2, 0) is 21.7 Å². The van der Waals surface area contributed by atoms with E-state index in [1.807, 2.05) is 30.3 Å². The fraction of sp³-hybridized carbons (Fsp3) is 0.471. The van der Waals surface area contributed by atoms with Gasteiger partial charge >= 0.3 is 8.24 Å². The predicted octanol–water partition coefficient (Wildman–Crippen LogP) is 11.3. The van der Waals surface area contributed by atoms with E-state index < -0.39 is 8.24 Å². The van der Waals surface area contributed by atoms with Gasteiger partial charge in [-0.15, -0.1) is 0 Å². The van der Waals surface area contributed by atoms with Crippen molar-refractivity contribution in [2.75, 3.05) is 0 Å². The molecule has 0 bridgehead atoms. The quantitative estimate of drug-likeness (QED) is 0.257. The predicted molar refractivity (Wildman–Crippen MR) is 164 cm³/mol. The number of para-hydroxylation sites is 1. The van der Waals surface area contributed by atoms with Crippen molar-refractivity contribution in [2.45, 2.75) is 105 Å². The number of benzene rings is 3. The van der Waals surface area contributed by atoms with Crippen LogP contribution in [0, 0.1) is 0 Å². The van der Waals surface area contributed by atoms with Crippen LogP contribution in [0.5, 0.6) is 5.75 Å². The summed E-state index contributed by atoms with van der Waals surface area (Å²) >= 11 is 0. The van der Waals surface area contributed by atoms with Crippen molar-refractivity contribution in [2.24, 2.45) is 0 Å². The third-order valence-electron chi connectivity index (χ3n) is 7.07. The van der Waals surface area contributed by atoms with E-state index in [1.54, 1.807) is 0 Å². The zero-order valence-electron chi connectivity index (χ0n) is 25.4. The summed E-state index contributed by atoms with van der Waals surface area (Å²) in [6.45, 7) is 27.1. The van der Waals surface area contributed by atoms with Gasteiger partial charge in [0.1, 0.15) is 16.9 Å². The lowest BCUT2D eigenvalue weighted by Crippen LogP contribution is -2.17. The van der Waals surface area contributed by atoms with Gasteiger partial charge in [0, 0.05) is 21.9 Å². The molecule has 204 valence electrons. The Morgan fingerprint density at radius 2 is 0.921 bits per heavy atom. The van der Waals surface area contributed by atoms with Gasteiger partial charge in [0.15, 0.2) is 0 Å². The van der Waals surface area contributed by atoms with Gasteiger partial charge in [-0.3, -0.25) is 0 Å². The topological polar surface area (TPSA) is 35.5 Å². The molecular formula is C34H45O3P. The van der Waals surface area contributed by atoms with Gasteiger partial charge in [-0.1, -0.05) is 113 Å². The monoisotopic (exact) mass is 532 g/mol. The largest absolute Gasteiger partial charge is 0.453 e. The summed E-state index contributed by atoms with van der Waals surface area (Å²) in [6, 6.07) is 19.1. The SMILES string of the molecule is CC(C)(C)c1cc(C(C)(C)C)c2op(Oc3ccccc3)oc3c(C(C)(C)C)cc(C(C)(C)C)cc3c2c1.